The minimum atomic E-state index is -4.70. The van der Waals surface area contributed by atoms with Gasteiger partial charge in [-0.1, -0.05) is 36.4 Å². The SMILES string of the molecule is Cn1nc(C(F)(F)F)c(-c2ccc3c(c2)-c2ccccc2C3)c1C(N)=O. The molecule has 1 heterocycles. The van der Waals surface area contributed by atoms with E-state index >= 15 is 0 Å². The van der Waals surface area contributed by atoms with E-state index in [4.69, 9.17) is 5.73 Å². The number of primary amides is 1. The van der Waals surface area contributed by atoms with Gasteiger partial charge in [0.1, 0.15) is 5.69 Å². The van der Waals surface area contributed by atoms with Gasteiger partial charge in [0.05, 0.1) is 0 Å². The highest BCUT2D eigenvalue weighted by Crippen LogP contribution is 2.42. The Hall–Kier alpha value is -3.09. The van der Waals surface area contributed by atoms with Crippen LogP contribution in [0.5, 0.6) is 0 Å². The van der Waals surface area contributed by atoms with Crippen LogP contribution in [0.2, 0.25) is 0 Å². The number of aromatic nitrogens is 2. The molecule has 2 N–H and O–H groups in total. The van der Waals surface area contributed by atoms with Crippen LogP contribution in [0.4, 0.5) is 13.2 Å². The van der Waals surface area contributed by atoms with E-state index in [-0.39, 0.29) is 16.8 Å². The molecule has 0 bridgehead atoms. The van der Waals surface area contributed by atoms with Crippen LogP contribution >= 0.6 is 0 Å². The minimum Gasteiger partial charge on any atom is -0.364 e. The van der Waals surface area contributed by atoms with Crippen LogP contribution in [-0.2, 0) is 19.6 Å². The Labute approximate surface area is 147 Å². The number of carbonyl (C=O) groups is 1. The van der Waals surface area contributed by atoms with E-state index in [1.807, 2.05) is 24.3 Å². The molecule has 2 aromatic carbocycles. The highest BCUT2D eigenvalue weighted by Gasteiger charge is 2.40. The van der Waals surface area contributed by atoms with Crippen molar-refractivity contribution in [3.05, 3.63) is 65.0 Å². The summed E-state index contributed by atoms with van der Waals surface area (Å²) in [6.45, 7) is 0. The zero-order valence-electron chi connectivity index (χ0n) is 13.8. The van der Waals surface area contributed by atoms with Crippen LogP contribution in [-0.4, -0.2) is 15.7 Å². The number of halogens is 3. The summed E-state index contributed by atoms with van der Waals surface area (Å²) in [6.07, 6.45) is -3.97. The van der Waals surface area contributed by atoms with E-state index in [1.54, 1.807) is 18.2 Å². The number of nitrogens with two attached hydrogens (primary N) is 1. The van der Waals surface area contributed by atoms with Gasteiger partial charge in [0.15, 0.2) is 5.69 Å². The highest BCUT2D eigenvalue weighted by molar-refractivity contribution is 5.99. The Balaban J connectivity index is 1.97. The molecule has 1 aromatic heterocycles. The summed E-state index contributed by atoms with van der Waals surface area (Å²) in [5.41, 5.74) is 7.97. The van der Waals surface area contributed by atoms with Crippen molar-refractivity contribution in [1.82, 2.24) is 9.78 Å². The molecule has 0 aliphatic heterocycles. The fraction of sp³-hybridized carbons (Fsp3) is 0.158. The Morgan fingerprint density at radius 3 is 2.50 bits per heavy atom. The monoisotopic (exact) mass is 357 g/mol. The van der Waals surface area contributed by atoms with Crippen LogP contribution in [0.3, 0.4) is 0 Å². The molecule has 0 saturated carbocycles. The average molecular weight is 357 g/mol. The third kappa shape index (κ3) is 2.39. The van der Waals surface area contributed by atoms with Gasteiger partial charge in [-0.05, 0) is 40.3 Å². The smallest absolute Gasteiger partial charge is 0.364 e. The molecule has 1 aliphatic carbocycles. The molecule has 7 heteroatoms. The Morgan fingerprint density at radius 1 is 1.12 bits per heavy atom. The number of benzene rings is 2. The second-order valence-electron chi connectivity index (χ2n) is 6.26. The van der Waals surface area contributed by atoms with Crippen LogP contribution in [0.25, 0.3) is 22.3 Å². The zero-order chi connectivity index (χ0) is 18.6. The lowest BCUT2D eigenvalue weighted by Gasteiger charge is -2.10. The third-order valence-corrected chi connectivity index (χ3v) is 4.64. The van der Waals surface area contributed by atoms with Gasteiger partial charge in [-0.2, -0.15) is 18.3 Å². The lowest BCUT2D eigenvalue weighted by atomic mass is 9.96. The van der Waals surface area contributed by atoms with Gasteiger partial charge in [-0.15, -0.1) is 0 Å². The number of hydrogen-bond acceptors (Lipinski definition) is 2. The molecule has 0 unspecified atom stereocenters. The molecule has 1 aliphatic rings. The van der Waals surface area contributed by atoms with Crippen molar-refractivity contribution in [2.45, 2.75) is 12.6 Å². The summed E-state index contributed by atoms with van der Waals surface area (Å²) in [7, 11) is 1.28. The van der Waals surface area contributed by atoms with Crippen molar-refractivity contribution in [3.63, 3.8) is 0 Å². The first-order valence-electron chi connectivity index (χ1n) is 7.93. The van der Waals surface area contributed by atoms with Gasteiger partial charge in [-0.3, -0.25) is 9.48 Å². The third-order valence-electron chi connectivity index (χ3n) is 4.64. The number of alkyl halides is 3. The maximum absolute atomic E-state index is 13.5. The van der Waals surface area contributed by atoms with E-state index in [2.05, 4.69) is 5.10 Å². The molecule has 0 atom stereocenters. The second-order valence-corrected chi connectivity index (χ2v) is 6.26. The van der Waals surface area contributed by atoms with Crippen LogP contribution in [0.15, 0.2) is 42.5 Å². The van der Waals surface area contributed by atoms with Crippen LogP contribution in [0.1, 0.15) is 27.3 Å². The van der Waals surface area contributed by atoms with E-state index in [0.29, 0.717) is 0 Å². The molecule has 0 saturated heterocycles. The summed E-state index contributed by atoms with van der Waals surface area (Å²) in [5, 5.41) is 3.51. The van der Waals surface area contributed by atoms with Gasteiger partial charge in [0, 0.05) is 12.6 Å². The van der Waals surface area contributed by atoms with Gasteiger partial charge in [0.2, 0.25) is 0 Å². The van der Waals surface area contributed by atoms with Gasteiger partial charge in [0.25, 0.3) is 5.91 Å². The molecule has 4 rings (SSSR count). The molecule has 132 valence electrons. The van der Waals surface area contributed by atoms with E-state index < -0.39 is 17.8 Å². The van der Waals surface area contributed by atoms with Crippen molar-refractivity contribution in [1.29, 1.82) is 0 Å². The van der Waals surface area contributed by atoms with Crippen LogP contribution < -0.4 is 5.73 Å². The maximum atomic E-state index is 13.5. The number of hydrogen-bond donors (Lipinski definition) is 1. The average Bonchev–Trinajstić information content (AvgIpc) is 3.11. The topological polar surface area (TPSA) is 60.9 Å². The Bertz CT molecular complexity index is 1050. The first kappa shape index (κ1) is 16.4. The molecule has 0 radical (unpaired) electrons. The summed E-state index contributed by atoms with van der Waals surface area (Å²) >= 11 is 0. The minimum absolute atomic E-state index is 0.261. The molecule has 3 aromatic rings. The molecular weight excluding hydrogens is 343 g/mol. The number of rotatable bonds is 2. The van der Waals surface area contributed by atoms with Crippen molar-refractivity contribution in [2.24, 2.45) is 12.8 Å². The van der Waals surface area contributed by atoms with Crippen LogP contribution in [0, 0.1) is 0 Å². The first-order chi connectivity index (χ1) is 12.3. The highest BCUT2D eigenvalue weighted by atomic mass is 19.4. The molecule has 1 amide bonds. The predicted molar refractivity (Wildman–Crippen MR) is 90.4 cm³/mol. The molecular formula is C19H14F3N3O. The lowest BCUT2D eigenvalue weighted by molar-refractivity contribution is -0.140. The zero-order valence-corrected chi connectivity index (χ0v) is 13.8. The normalized spacial score (nSPS) is 12.8. The largest absolute Gasteiger partial charge is 0.435 e. The predicted octanol–water partition coefficient (Wildman–Crippen LogP) is 3.78. The lowest BCUT2D eigenvalue weighted by Crippen LogP contribution is -2.16. The standard InChI is InChI=1S/C19H14F3N3O/c1-25-16(18(23)26)15(17(24-25)19(20,21)22)12-7-6-11-8-10-4-2-3-5-13(10)14(11)9-12/h2-7,9H,8H2,1H3,(H2,23,26). The Morgan fingerprint density at radius 2 is 1.81 bits per heavy atom. The number of amides is 1. The quantitative estimate of drug-likeness (QED) is 0.594. The summed E-state index contributed by atoms with van der Waals surface area (Å²) in [6, 6.07) is 12.8. The van der Waals surface area contributed by atoms with E-state index in [1.165, 1.54) is 7.05 Å². The molecule has 26 heavy (non-hydrogen) atoms. The first-order valence-corrected chi connectivity index (χ1v) is 7.93. The molecule has 0 spiro atoms. The van der Waals surface area contributed by atoms with Crippen molar-refractivity contribution in [2.75, 3.05) is 0 Å². The molecule has 0 fully saturated rings. The van der Waals surface area contributed by atoms with E-state index in [0.717, 1.165) is 33.4 Å². The summed E-state index contributed by atoms with van der Waals surface area (Å²) < 4.78 is 41.3. The van der Waals surface area contributed by atoms with Gasteiger partial charge in [-0.25, -0.2) is 0 Å². The maximum Gasteiger partial charge on any atom is 0.435 e. The number of carbonyl (C=O) groups excluding carboxylic acids is 1. The van der Waals surface area contributed by atoms with E-state index in [9.17, 15) is 18.0 Å². The summed E-state index contributed by atoms with van der Waals surface area (Å²) in [5.74, 6) is -0.952. The number of nitrogens with zero attached hydrogens (tertiary/aromatic N) is 2. The fourth-order valence-corrected chi connectivity index (χ4v) is 3.56. The fourth-order valence-electron chi connectivity index (χ4n) is 3.56. The van der Waals surface area contributed by atoms with Gasteiger partial charge < -0.3 is 5.73 Å². The number of fused-ring (bicyclic) bond motifs is 3. The van der Waals surface area contributed by atoms with Gasteiger partial charge >= 0.3 is 6.18 Å². The van der Waals surface area contributed by atoms with Crippen molar-refractivity contribution < 1.29 is 18.0 Å². The van der Waals surface area contributed by atoms with Crippen molar-refractivity contribution in [3.8, 4) is 22.3 Å². The second kappa shape index (κ2) is 5.45. The Kier molecular flexibility index (Phi) is 3.44. The molecule has 4 nitrogen and oxygen atoms in total. The van der Waals surface area contributed by atoms with Crippen molar-refractivity contribution >= 4 is 5.91 Å². The number of aryl methyl sites for hydroxylation is 1. The summed E-state index contributed by atoms with van der Waals surface area (Å²) in [4.78, 5) is 11.8.